The predicted octanol–water partition coefficient (Wildman–Crippen LogP) is 3.80. The van der Waals surface area contributed by atoms with E-state index in [0.29, 0.717) is 35.2 Å². The van der Waals surface area contributed by atoms with Crippen LogP contribution in [-0.4, -0.2) is 46.9 Å². The quantitative estimate of drug-likeness (QED) is 0.549. The third kappa shape index (κ3) is 5.95. The van der Waals surface area contributed by atoms with Gasteiger partial charge >= 0.3 is 5.97 Å². The van der Waals surface area contributed by atoms with Crippen molar-refractivity contribution in [1.82, 2.24) is 5.32 Å². The van der Waals surface area contributed by atoms with Crippen LogP contribution in [0.15, 0.2) is 30.3 Å². The highest BCUT2D eigenvalue weighted by atomic mass is 35.5. The van der Waals surface area contributed by atoms with Crippen LogP contribution >= 0.6 is 11.6 Å². The Balaban J connectivity index is 2.38. The van der Waals surface area contributed by atoms with Gasteiger partial charge in [0.25, 0.3) is 5.91 Å². The molecule has 8 nitrogen and oxygen atoms in total. The second-order valence-corrected chi connectivity index (χ2v) is 6.75. The maximum atomic E-state index is 13.0. The highest BCUT2D eigenvalue weighted by molar-refractivity contribution is 6.32. The van der Waals surface area contributed by atoms with Crippen LogP contribution in [0.5, 0.6) is 23.0 Å². The average molecular weight is 452 g/mol. The largest absolute Gasteiger partial charge is 0.493 e. The zero-order valence-corrected chi connectivity index (χ0v) is 18.9. The van der Waals surface area contributed by atoms with E-state index >= 15 is 0 Å². The van der Waals surface area contributed by atoms with Gasteiger partial charge in [-0.05, 0) is 36.8 Å². The van der Waals surface area contributed by atoms with Crippen molar-refractivity contribution in [3.05, 3.63) is 46.5 Å². The Morgan fingerprint density at radius 3 is 2.23 bits per heavy atom. The summed E-state index contributed by atoms with van der Waals surface area (Å²) >= 11 is 6.28. The summed E-state index contributed by atoms with van der Waals surface area (Å²) in [6.07, 6.45) is -0.0837. The van der Waals surface area contributed by atoms with E-state index in [1.807, 2.05) is 6.92 Å². The van der Waals surface area contributed by atoms with Gasteiger partial charge in [0.05, 0.1) is 52.5 Å². The molecule has 0 aromatic heterocycles. The Hall–Kier alpha value is -3.13. The first kappa shape index (κ1) is 24.1. The van der Waals surface area contributed by atoms with Crippen molar-refractivity contribution in [2.75, 3.05) is 35.0 Å². The number of rotatable bonds is 10. The lowest BCUT2D eigenvalue weighted by atomic mass is 10.0. The van der Waals surface area contributed by atoms with Crippen LogP contribution in [0, 0.1) is 0 Å². The van der Waals surface area contributed by atoms with Crippen LogP contribution in [0.25, 0.3) is 0 Å². The van der Waals surface area contributed by atoms with E-state index in [1.54, 1.807) is 18.2 Å². The topological polar surface area (TPSA) is 92.3 Å². The summed E-state index contributed by atoms with van der Waals surface area (Å²) < 4.78 is 26.1. The molecule has 0 heterocycles. The number of amides is 1. The van der Waals surface area contributed by atoms with Gasteiger partial charge in [-0.2, -0.15) is 0 Å². The van der Waals surface area contributed by atoms with E-state index in [9.17, 15) is 9.59 Å². The molecule has 0 spiro atoms. The fraction of sp³-hybridized carbons (Fsp3) is 0.364. The zero-order chi connectivity index (χ0) is 23.0. The Morgan fingerprint density at radius 1 is 0.968 bits per heavy atom. The van der Waals surface area contributed by atoms with Crippen molar-refractivity contribution in [1.29, 1.82) is 0 Å². The summed E-state index contributed by atoms with van der Waals surface area (Å²) in [6.45, 7) is 2.21. The smallest absolute Gasteiger partial charge is 0.307 e. The number of hydrogen-bond acceptors (Lipinski definition) is 7. The van der Waals surface area contributed by atoms with Crippen LogP contribution < -0.4 is 24.3 Å². The standard InChI is InChI=1S/C22H26ClNO7/c1-6-31-21-15(23)9-14(11-19(21)29-4)22(26)24-16(12-20(25)30-5)13-7-8-17(27-2)18(10-13)28-3/h7-11,16H,6,12H2,1-5H3,(H,24,26). The van der Waals surface area contributed by atoms with E-state index in [4.69, 9.17) is 35.3 Å². The fourth-order valence-electron chi connectivity index (χ4n) is 2.95. The highest BCUT2D eigenvalue weighted by Gasteiger charge is 2.23. The molecule has 0 bridgehead atoms. The molecule has 0 aliphatic rings. The van der Waals surface area contributed by atoms with E-state index in [0.717, 1.165) is 0 Å². The van der Waals surface area contributed by atoms with Crippen molar-refractivity contribution in [3.8, 4) is 23.0 Å². The second-order valence-electron chi connectivity index (χ2n) is 6.34. The number of carbonyl (C=O) groups is 2. The van der Waals surface area contributed by atoms with Gasteiger partial charge in [-0.1, -0.05) is 17.7 Å². The molecule has 2 aromatic rings. The van der Waals surface area contributed by atoms with E-state index in [-0.39, 0.29) is 17.0 Å². The Bertz CT molecular complexity index is 932. The van der Waals surface area contributed by atoms with Crippen LogP contribution in [0.3, 0.4) is 0 Å². The molecule has 0 aliphatic heterocycles. The number of halogens is 1. The van der Waals surface area contributed by atoms with Crippen molar-refractivity contribution in [3.63, 3.8) is 0 Å². The Labute approximate surface area is 186 Å². The highest BCUT2D eigenvalue weighted by Crippen LogP contribution is 2.37. The lowest BCUT2D eigenvalue weighted by molar-refractivity contribution is -0.141. The van der Waals surface area contributed by atoms with Gasteiger partial charge < -0.3 is 29.0 Å². The van der Waals surface area contributed by atoms with Gasteiger partial charge in [0, 0.05) is 5.56 Å². The monoisotopic (exact) mass is 451 g/mol. The Morgan fingerprint density at radius 2 is 1.65 bits per heavy atom. The molecule has 1 atom stereocenters. The van der Waals surface area contributed by atoms with Gasteiger partial charge in [-0.25, -0.2) is 0 Å². The van der Waals surface area contributed by atoms with Crippen LogP contribution in [0.1, 0.15) is 35.3 Å². The first-order valence-corrected chi connectivity index (χ1v) is 9.86. The molecule has 1 unspecified atom stereocenters. The predicted molar refractivity (Wildman–Crippen MR) is 116 cm³/mol. The summed E-state index contributed by atoms with van der Waals surface area (Å²) in [5.74, 6) is 0.742. The minimum absolute atomic E-state index is 0.0837. The third-order valence-corrected chi connectivity index (χ3v) is 4.77. The molecule has 0 saturated heterocycles. The van der Waals surface area contributed by atoms with Gasteiger partial charge in [0.1, 0.15) is 0 Å². The van der Waals surface area contributed by atoms with Crippen molar-refractivity contribution in [2.45, 2.75) is 19.4 Å². The number of ether oxygens (including phenoxy) is 5. The first-order valence-electron chi connectivity index (χ1n) is 9.48. The first-order chi connectivity index (χ1) is 14.9. The maximum Gasteiger partial charge on any atom is 0.307 e. The summed E-state index contributed by atoms with van der Waals surface area (Å²) in [5, 5.41) is 3.08. The Kier molecular flexibility index (Phi) is 8.81. The lowest BCUT2D eigenvalue weighted by Crippen LogP contribution is -2.30. The average Bonchev–Trinajstić information content (AvgIpc) is 2.78. The molecule has 0 radical (unpaired) electrons. The fourth-order valence-corrected chi connectivity index (χ4v) is 3.21. The summed E-state index contributed by atoms with van der Waals surface area (Å²) in [5.41, 5.74) is 0.890. The van der Waals surface area contributed by atoms with Gasteiger partial charge in [-0.3, -0.25) is 9.59 Å². The molecule has 0 fully saturated rings. The van der Waals surface area contributed by atoms with Gasteiger partial charge in [-0.15, -0.1) is 0 Å². The van der Waals surface area contributed by atoms with E-state index in [2.05, 4.69) is 5.32 Å². The minimum Gasteiger partial charge on any atom is -0.493 e. The molecule has 9 heteroatoms. The van der Waals surface area contributed by atoms with E-state index in [1.165, 1.54) is 40.6 Å². The third-order valence-electron chi connectivity index (χ3n) is 4.49. The zero-order valence-electron chi connectivity index (χ0n) is 18.1. The van der Waals surface area contributed by atoms with Gasteiger partial charge in [0.2, 0.25) is 0 Å². The molecular formula is C22H26ClNO7. The molecule has 2 rings (SSSR count). The number of esters is 1. The molecule has 1 N–H and O–H groups in total. The summed E-state index contributed by atoms with van der Waals surface area (Å²) in [6, 6.07) is 7.45. The van der Waals surface area contributed by atoms with E-state index < -0.39 is 17.9 Å². The second kappa shape index (κ2) is 11.3. The molecular weight excluding hydrogens is 426 g/mol. The SMILES string of the molecule is CCOc1c(Cl)cc(C(=O)NC(CC(=O)OC)c2ccc(OC)c(OC)c2)cc1OC. The molecule has 0 aliphatic carbocycles. The molecule has 2 aromatic carbocycles. The van der Waals surface area contributed by atoms with Crippen LogP contribution in [-0.2, 0) is 9.53 Å². The van der Waals surface area contributed by atoms with Crippen LogP contribution in [0.2, 0.25) is 5.02 Å². The molecule has 168 valence electrons. The van der Waals surface area contributed by atoms with Crippen molar-refractivity contribution in [2.24, 2.45) is 0 Å². The summed E-state index contributed by atoms with van der Waals surface area (Å²) in [4.78, 5) is 25.0. The number of methoxy groups -OCH3 is 4. The minimum atomic E-state index is -0.684. The van der Waals surface area contributed by atoms with Crippen LogP contribution in [0.4, 0.5) is 0 Å². The summed E-state index contributed by atoms with van der Waals surface area (Å²) in [7, 11) is 5.77. The number of hydrogen-bond donors (Lipinski definition) is 1. The number of nitrogens with one attached hydrogen (secondary N) is 1. The normalized spacial score (nSPS) is 11.3. The molecule has 0 saturated carbocycles. The molecule has 31 heavy (non-hydrogen) atoms. The number of benzene rings is 2. The lowest BCUT2D eigenvalue weighted by Gasteiger charge is -2.20. The number of carbonyl (C=O) groups excluding carboxylic acids is 2. The van der Waals surface area contributed by atoms with Crippen molar-refractivity contribution < 1.29 is 33.3 Å². The van der Waals surface area contributed by atoms with Gasteiger partial charge in [0.15, 0.2) is 23.0 Å². The molecule has 1 amide bonds. The maximum absolute atomic E-state index is 13.0. The van der Waals surface area contributed by atoms with Crippen molar-refractivity contribution >= 4 is 23.5 Å².